The summed E-state index contributed by atoms with van der Waals surface area (Å²) in [5, 5.41) is 17.1. The molecular formula is C9H10F3N3O2S. The average molecular weight is 281 g/mol. The molecule has 9 heteroatoms. The summed E-state index contributed by atoms with van der Waals surface area (Å²) in [5.74, 6) is -1.30. The first kappa shape index (κ1) is 13.1. The number of aliphatic carboxylic acids is 1. The van der Waals surface area contributed by atoms with Gasteiger partial charge < -0.3 is 10.4 Å². The first-order chi connectivity index (χ1) is 8.36. The number of carbonyl (C=O) groups is 1. The van der Waals surface area contributed by atoms with Crippen molar-refractivity contribution in [1.82, 2.24) is 10.2 Å². The molecule has 1 aromatic rings. The van der Waals surface area contributed by atoms with E-state index < -0.39 is 23.1 Å². The molecule has 1 aromatic heterocycles. The quantitative estimate of drug-likeness (QED) is 0.888. The summed E-state index contributed by atoms with van der Waals surface area (Å²) in [6.07, 6.45) is -2.96. The van der Waals surface area contributed by atoms with Gasteiger partial charge in [0.15, 0.2) is 0 Å². The Labute approximate surface area is 104 Å². The number of hydrogen-bond acceptors (Lipinski definition) is 5. The van der Waals surface area contributed by atoms with Gasteiger partial charge in [-0.15, -0.1) is 10.2 Å². The van der Waals surface area contributed by atoms with Crippen LogP contribution in [0.2, 0.25) is 0 Å². The van der Waals surface area contributed by atoms with Crippen LogP contribution >= 0.6 is 11.3 Å². The van der Waals surface area contributed by atoms with Crippen LogP contribution in [-0.4, -0.2) is 27.3 Å². The maximum absolute atomic E-state index is 12.3. The second-order valence-electron chi connectivity index (χ2n) is 4.10. The zero-order valence-corrected chi connectivity index (χ0v) is 9.88. The number of rotatable bonds is 3. The normalized spacial score (nSPS) is 24.2. The molecule has 0 aromatic carbocycles. The number of hydrogen-bond donors (Lipinski definition) is 2. The highest BCUT2D eigenvalue weighted by molar-refractivity contribution is 7.15. The molecule has 0 bridgehead atoms. The standard InChI is InChI=1S/C9H10F3N3O2S/c10-9(11,12)7-14-15-8(18-7)13-5-2-1-4(3-5)6(16)17/h4-5H,1-3H2,(H,13,15)(H,16,17)/t4-,5+/m1/s1. The molecule has 0 radical (unpaired) electrons. The SMILES string of the molecule is O=C(O)[C@@H]1CC[C@H](Nc2nnc(C(F)(F)F)s2)C1. The van der Waals surface area contributed by atoms with Gasteiger partial charge in [-0.3, -0.25) is 4.79 Å². The van der Waals surface area contributed by atoms with E-state index >= 15 is 0 Å². The van der Waals surface area contributed by atoms with Crippen molar-refractivity contribution in [1.29, 1.82) is 0 Å². The summed E-state index contributed by atoms with van der Waals surface area (Å²) in [4.78, 5) is 10.7. The number of alkyl halides is 3. The van der Waals surface area contributed by atoms with Crippen LogP contribution in [-0.2, 0) is 11.0 Å². The van der Waals surface area contributed by atoms with E-state index in [1.807, 2.05) is 0 Å². The molecule has 2 N–H and O–H groups in total. The van der Waals surface area contributed by atoms with Crippen molar-refractivity contribution in [3.63, 3.8) is 0 Å². The molecule has 0 unspecified atom stereocenters. The van der Waals surface area contributed by atoms with E-state index in [2.05, 4.69) is 15.5 Å². The van der Waals surface area contributed by atoms with E-state index in [4.69, 9.17) is 5.11 Å². The summed E-state index contributed by atoms with van der Waals surface area (Å²) in [6.45, 7) is 0. The molecule has 0 amide bonds. The molecule has 1 aliphatic rings. The van der Waals surface area contributed by atoms with Crippen molar-refractivity contribution >= 4 is 22.4 Å². The van der Waals surface area contributed by atoms with Gasteiger partial charge in [-0.2, -0.15) is 13.2 Å². The highest BCUT2D eigenvalue weighted by atomic mass is 32.1. The lowest BCUT2D eigenvalue weighted by molar-refractivity contribution is -0.141. The molecule has 1 aliphatic carbocycles. The highest BCUT2D eigenvalue weighted by Gasteiger charge is 2.36. The molecule has 0 aliphatic heterocycles. The molecule has 1 fully saturated rings. The summed E-state index contributed by atoms with van der Waals surface area (Å²) in [5.41, 5.74) is 0. The maximum Gasteiger partial charge on any atom is 0.445 e. The Hall–Kier alpha value is -1.38. The van der Waals surface area contributed by atoms with Crippen molar-refractivity contribution in [2.75, 3.05) is 5.32 Å². The molecular weight excluding hydrogens is 271 g/mol. The van der Waals surface area contributed by atoms with Gasteiger partial charge >= 0.3 is 12.1 Å². The number of anilines is 1. The first-order valence-electron chi connectivity index (χ1n) is 5.26. The summed E-state index contributed by atoms with van der Waals surface area (Å²) in [7, 11) is 0. The maximum atomic E-state index is 12.3. The fourth-order valence-electron chi connectivity index (χ4n) is 1.91. The van der Waals surface area contributed by atoms with E-state index in [0.29, 0.717) is 30.6 Å². The van der Waals surface area contributed by atoms with Gasteiger partial charge in [0.1, 0.15) is 0 Å². The Morgan fingerprint density at radius 1 is 1.39 bits per heavy atom. The molecule has 100 valence electrons. The smallest absolute Gasteiger partial charge is 0.445 e. The van der Waals surface area contributed by atoms with Gasteiger partial charge in [0, 0.05) is 6.04 Å². The van der Waals surface area contributed by atoms with Crippen LogP contribution in [0.25, 0.3) is 0 Å². The Bertz CT molecular complexity index is 449. The molecule has 1 heterocycles. The van der Waals surface area contributed by atoms with Crippen LogP contribution in [0.5, 0.6) is 0 Å². The van der Waals surface area contributed by atoms with Crippen molar-refractivity contribution in [3.05, 3.63) is 5.01 Å². The Balaban J connectivity index is 1.95. The fraction of sp³-hybridized carbons (Fsp3) is 0.667. The van der Waals surface area contributed by atoms with Crippen molar-refractivity contribution in [2.45, 2.75) is 31.5 Å². The molecule has 1 saturated carbocycles. The van der Waals surface area contributed by atoms with E-state index in [0.717, 1.165) is 0 Å². The van der Waals surface area contributed by atoms with Gasteiger partial charge in [0.25, 0.3) is 0 Å². The van der Waals surface area contributed by atoms with Gasteiger partial charge in [0.05, 0.1) is 5.92 Å². The number of carboxylic acid groups (broad SMARTS) is 1. The number of carboxylic acids is 1. The Morgan fingerprint density at radius 2 is 2.11 bits per heavy atom. The van der Waals surface area contributed by atoms with Crippen molar-refractivity contribution < 1.29 is 23.1 Å². The van der Waals surface area contributed by atoms with Crippen LogP contribution in [0.1, 0.15) is 24.3 Å². The molecule has 0 spiro atoms. The lowest BCUT2D eigenvalue weighted by Gasteiger charge is -2.09. The van der Waals surface area contributed by atoms with Gasteiger partial charge in [0.2, 0.25) is 10.1 Å². The summed E-state index contributed by atoms with van der Waals surface area (Å²) < 4.78 is 36.9. The lowest BCUT2D eigenvalue weighted by Crippen LogP contribution is -2.17. The minimum atomic E-state index is -4.49. The molecule has 2 atom stereocenters. The van der Waals surface area contributed by atoms with Crippen LogP contribution in [0.15, 0.2) is 0 Å². The predicted molar refractivity (Wildman–Crippen MR) is 57.3 cm³/mol. The molecule has 0 saturated heterocycles. The Morgan fingerprint density at radius 3 is 2.61 bits per heavy atom. The first-order valence-corrected chi connectivity index (χ1v) is 6.08. The lowest BCUT2D eigenvalue weighted by atomic mass is 10.1. The van der Waals surface area contributed by atoms with Crippen molar-refractivity contribution in [3.8, 4) is 0 Å². The van der Waals surface area contributed by atoms with Crippen LogP contribution < -0.4 is 5.32 Å². The number of aromatic nitrogens is 2. The zero-order chi connectivity index (χ0) is 13.3. The van der Waals surface area contributed by atoms with E-state index in [1.54, 1.807) is 0 Å². The van der Waals surface area contributed by atoms with Crippen molar-refractivity contribution in [2.24, 2.45) is 5.92 Å². The van der Waals surface area contributed by atoms with Crippen LogP contribution in [0.3, 0.4) is 0 Å². The minimum absolute atomic E-state index is 0.0818. The molecule has 5 nitrogen and oxygen atoms in total. The van der Waals surface area contributed by atoms with Gasteiger partial charge in [-0.25, -0.2) is 0 Å². The largest absolute Gasteiger partial charge is 0.481 e. The fourth-order valence-corrected chi connectivity index (χ4v) is 2.60. The monoisotopic (exact) mass is 281 g/mol. The average Bonchev–Trinajstić information content (AvgIpc) is 2.85. The summed E-state index contributed by atoms with van der Waals surface area (Å²) >= 11 is 0.431. The van der Waals surface area contributed by atoms with Gasteiger partial charge in [-0.1, -0.05) is 11.3 Å². The Kier molecular flexibility index (Phi) is 3.42. The third-order valence-electron chi connectivity index (χ3n) is 2.78. The van der Waals surface area contributed by atoms with Crippen LogP contribution in [0, 0.1) is 5.92 Å². The zero-order valence-electron chi connectivity index (χ0n) is 9.07. The summed E-state index contributed by atoms with van der Waals surface area (Å²) in [6, 6.07) is -0.153. The third kappa shape index (κ3) is 2.89. The van der Waals surface area contributed by atoms with E-state index in [-0.39, 0.29) is 11.2 Å². The van der Waals surface area contributed by atoms with Gasteiger partial charge in [-0.05, 0) is 19.3 Å². The minimum Gasteiger partial charge on any atom is -0.481 e. The number of nitrogens with zero attached hydrogens (tertiary/aromatic N) is 2. The second kappa shape index (κ2) is 4.71. The number of nitrogens with one attached hydrogen (secondary N) is 1. The predicted octanol–water partition coefficient (Wildman–Crippen LogP) is 2.22. The van der Waals surface area contributed by atoms with Crippen LogP contribution in [0.4, 0.5) is 18.3 Å². The second-order valence-corrected chi connectivity index (χ2v) is 5.08. The molecule has 18 heavy (non-hydrogen) atoms. The van der Waals surface area contributed by atoms with E-state index in [1.165, 1.54) is 0 Å². The highest BCUT2D eigenvalue weighted by Crippen LogP contribution is 2.34. The van der Waals surface area contributed by atoms with E-state index in [9.17, 15) is 18.0 Å². The number of halogens is 3. The molecule has 2 rings (SSSR count). The topological polar surface area (TPSA) is 75.1 Å². The third-order valence-corrected chi connectivity index (χ3v) is 3.68.